The third kappa shape index (κ3) is 2.77. The molecular weight excluding hydrogens is 248 g/mol. The number of aromatic nitrogens is 2. The summed E-state index contributed by atoms with van der Waals surface area (Å²) in [4.78, 5) is 2.59. The van der Waals surface area contributed by atoms with Crippen LogP contribution in [0.15, 0.2) is 6.07 Å². The van der Waals surface area contributed by atoms with Gasteiger partial charge in [0.1, 0.15) is 0 Å². The summed E-state index contributed by atoms with van der Waals surface area (Å²) in [7, 11) is 2.02. The lowest BCUT2D eigenvalue weighted by Crippen LogP contribution is -2.59. The van der Waals surface area contributed by atoms with Gasteiger partial charge in [0.25, 0.3) is 0 Å². The Morgan fingerprint density at radius 2 is 1.95 bits per heavy atom. The molecule has 2 rings (SSSR count). The molecule has 0 spiro atoms. The Hall–Kier alpha value is -0.870. The highest BCUT2D eigenvalue weighted by molar-refractivity contribution is 5.13. The molecule has 1 aliphatic rings. The first-order chi connectivity index (χ1) is 9.53. The highest BCUT2D eigenvalue weighted by Gasteiger charge is 2.43. The van der Waals surface area contributed by atoms with Gasteiger partial charge in [-0.2, -0.15) is 5.10 Å². The maximum absolute atomic E-state index is 6.69. The zero-order valence-electron chi connectivity index (χ0n) is 13.5. The predicted molar refractivity (Wildman–Crippen MR) is 83.7 cm³/mol. The van der Waals surface area contributed by atoms with Crippen LogP contribution in [0, 0.1) is 6.92 Å². The van der Waals surface area contributed by atoms with E-state index in [1.165, 1.54) is 31.4 Å². The third-order valence-electron chi connectivity index (χ3n) is 5.08. The van der Waals surface area contributed by atoms with Crippen molar-refractivity contribution in [2.24, 2.45) is 12.8 Å². The summed E-state index contributed by atoms with van der Waals surface area (Å²) in [6.45, 7) is 8.74. The minimum Gasteiger partial charge on any atom is -0.326 e. The van der Waals surface area contributed by atoms with Crippen LogP contribution in [0.5, 0.6) is 0 Å². The van der Waals surface area contributed by atoms with Crippen LogP contribution in [-0.2, 0) is 13.5 Å². The van der Waals surface area contributed by atoms with Gasteiger partial charge in [-0.3, -0.25) is 9.58 Å². The quantitative estimate of drug-likeness (QED) is 0.868. The summed E-state index contributed by atoms with van der Waals surface area (Å²) in [5.74, 6) is 0. The van der Waals surface area contributed by atoms with Crippen LogP contribution in [0.4, 0.5) is 0 Å². The maximum atomic E-state index is 6.69. The van der Waals surface area contributed by atoms with Gasteiger partial charge in [-0.1, -0.05) is 26.7 Å². The van der Waals surface area contributed by atoms with Crippen molar-refractivity contribution >= 4 is 0 Å². The Bertz CT molecular complexity index is 428. The molecule has 114 valence electrons. The van der Waals surface area contributed by atoms with Gasteiger partial charge >= 0.3 is 0 Å². The molecule has 1 saturated carbocycles. The third-order valence-corrected chi connectivity index (χ3v) is 5.08. The van der Waals surface area contributed by atoms with Crippen molar-refractivity contribution in [1.29, 1.82) is 0 Å². The Balaban J connectivity index is 2.19. The monoisotopic (exact) mass is 278 g/mol. The van der Waals surface area contributed by atoms with Crippen LogP contribution in [0.1, 0.15) is 50.9 Å². The minimum absolute atomic E-state index is 0.194. The van der Waals surface area contributed by atoms with E-state index in [1.54, 1.807) is 0 Å². The van der Waals surface area contributed by atoms with Crippen molar-refractivity contribution in [2.45, 2.75) is 64.5 Å². The number of likely N-dealkylation sites (N-methyl/N-ethyl adjacent to an activating group) is 1. The lowest BCUT2D eigenvalue weighted by Gasteiger charge is -2.45. The molecule has 1 unspecified atom stereocenters. The normalized spacial score (nSPS) is 19.7. The Kier molecular flexibility index (Phi) is 4.86. The largest absolute Gasteiger partial charge is 0.326 e. The summed E-state index contributed by atoms with van der Waals surface area (Å²) in [5.41, 5.74) is 9.23. The first-order valence-corrected chi connectivity index (χ1v) is 8.03. The van der Waals surface area contributed by atoms with E-state index in [-0.39, 0.29) is 11.6 Å². The van der Waals surface area contributed by atoms with E-state index in [0.717, 1.165) is 25.2 Å². The molecule has 0 aliphatic heterocycles. The second-order valence-corrected chi connectivity index (χ2v) is 6.19. The summed E-state index contributed by atoms with van der Waals surface area (Å²) >= 11 is 0. The van der Waals surface area contributed by atoms with E-state index in [0.29, 0.717) is 0 Å². The van der Waals surface area contributed by atoms with E-state index >= 15 is 0 Å². The smallest absolute Gasteiger partial charge is 0.0596 e. The Labute approximate surface area is 123 Å². The summed E-state index contributed by atoms with van der Waals surface area (Å²) in [6.07, 6.45) is 6.04. The number of hydrogen-bond donors (Lipinski definition) is 1. The van der Waals surface area contributed by atoms with Crippen LogP contribution in [0.2, 0.25) is 0 Å². The molecule has 0 aromatic carbocycles. The fourth-order valence-electron chi connectivity index (χ4n) is 4.03. The minimum atomic E-state index is 0.194. The zero-order chi connectivity index (χ0) is 14.8. The summed E-state index contributed by atoms with van der Waals surface area (Å²) in [6, 6.07) is 2.37. The second kappa shape index (κ2) is 6.27. The molecule has 1 aromatic rings. The molecule has 2 N–H and O–H groups in total. The Morgan fingerprint density at radius 1 is 1.35 bits per heavy atom. The molecule has 0 amide bonds. The fraction of sp³-hybridized carbons (Fsp3) is 0.812. The van der Waals surface area contributed by atoms with Gasteiger partial charge in [-0.15, -0.1) is 0 Å². The average Bonchev–Trinajstić information content (AvgIpc) is 3.00. The van der Waals surface area contributed by atoms with Crippen LogP contribution < -0.4 is 5.73 Å². The molecular formula is C16H30N4. The van der Waals surface area contributed by atoms with Crippen LogP contribution in [0.3, 0.4) is 0 Å². The highest BCUT2D eigenvalue weighted by Crippen LogP contribution is 2.38. The molecule has 1 fully saturated rings. The van der Waals surface area contributed by atoms with Gasteiger partial charge in [0.15, 0.2) is 0 Å². The molecule has 0 bridgehead atoms. The number of aryl methyl sites for hydroxylation is 2. The molecule has 0 saturated heterocycles. The van der Waals surface area contributed by atoms with Crippen molar-refractivity contribution in [1.82, 2.24) is 14.7 Å². The molecule has 20 heavy (non-hydrogen) atoms. The van der Waals surface area contributed by atoms with Crippen molar-refractivity contribution in [2.75, 3.05) is 13.1 Å². The molecule has 1 atom stereocenters. The van der Waals surface area contributed by atoms with Crippen molar-refractivity contribution in [3.8, 4) is 0 Å². The first-order valence-electron chi connectivity index (χ1n) is 8.03. The molecule has 1 aliphatic carbocycles. The lowest BCUT2D eigenvalue weighted by atomic mass is 9.84. The van der Waals surface area contributed by atoms with Crippen LogP contribution >= 0.6 is 0 Å². The van der Waals surface area contributed by atoms with Gasteiger partial charge in [0.05, 0.1) is 5.69 Å². The molecule has 4 heteroatoms. The second-order valence-electron chi connectivity index (χ2n) is 6.19. The van der Waals surface area contributed by atoms with Gasteiger partial charge in [-0.25, -0.2) is 0 Å². The number of nitrogens with two attached hydrogens (primary N) is 1. The molecule has 4 nitrogen and oxygen atoms in total. The van der Waals surface area contributed by atoms with Crippen molar-refractivity contribution in [3.63, 3.8) is 0 Å². The first kappa shape index (κ1) is 15.5. The lowest BCUT2D eigenvalue weighted by molar-refractivity contribution is 0.0765. The topological polar surface area (TPSA) is 47.1 Å². The summed E-state index contributed by atoms with van der Waals surface area (Å²) < 4.78 is 1.99. The van der Waals surface area contributed by atoms with E-state index in [2.05, 4.69) is 29.9 Å². The van der Waals surface area contributed by atoms with Gasteiger partial charge < -0.3 is 5.73 Å². The van der Waals surface area contributed by atoms with Gasteiger partial charge in [0.2, 0.25) is 0 Å². The van der Waals surface area contributed by atoms with Crippen LogP contribution in [-0.4, -0.2) is 39.4 Å². The highest BCUT2D eigenvalue weighted by atomic mass is 15.3. The van der Waals surface area contributed by atoms with E-state index in [4.69, 9.17) is 5.73 Å². The van der Waals surface area contributed by atoms with Crippen molar-refractivity contribution in [3.05, 3.63) is 17.5 Å². The predicted octanol–water partition coefficient (Wildman–Crippen LogP) is 2.25. The van der Waals surface area contributed by atoms with Gasteiger partial charge in [0, 0.05) is 30.7 Å². The number of hydrogen-bond acceptors (Lipinski definition) is 3. The Morgan fingerprint density at radius 3 is 2.40 bits per heavy atom. The standard InChI is InChI=1S/C16H30N4/c1-5-20(6-2)16(9-7-8-10-16)15(17)12-14-11-13(3)18-19(14)4/h11,15H,5-10,12,17H2,1-4H3. The van der Waals surface area contributed by atoms with Crippen LogP contribution in [0.25, 0.3) is 0 Å². The van der Waals surface area contributed by atoms with E-state index in [1.807, 2.05) is 18.7 Å². The molecule has 0 radical (unpaired) electrons. The SMILES string of the molecule is CCN(CC)C1(C(N)Cc2cc(C)nn2C)CCCC1. The van der Waals surface area contributed by atoms with Gasteiger partial charge in [-0.05, 0) is 38.9 Å². The summed E-state index contributed by atoms with van der Waals surface area (Å²) in [5, 5.41) is 4.45. The molecule has 1 aromatic heterocycles. The maximum Gasteiger partial charge on any atom is 0.0596 e. The van der Waals surface area contributed by atoms with E-state index in [9.17, 15) is 0 Å². The molecule has 1 heterocycles. The average molecular weight is 278 g/mol. The fourth-order valence-corrected chi connectivity index (χ4v) is 4.03. The zero-order valence-corrected chi connectivity index (χ0v) is 13.5. The van der Waals surface area contributed by atoms with E-state index < -0.39 is 0 Å². The number of nitrogens with zero attached hydrogens (tertiary/aromatic N) is 3. The number of rotatable bonds is 6. The van der Waals surface area contributed by atoms with Crippen molar-refractivity contribution < 1.29 is 0 Å².